The topological polar surface area (TPSA) is 69.4 Å². The normalized spacial score (nSPS) is 11.5. The van der Waals surface area contributed by atoms with E-state index in [0.717, 1.165) is 19.3 Å². The minimum absolute atomic E-state index is 0. The first kappa shape index (κ1) is 21.7. The zero-order valence-electron chi connectivity index (χ0n) is 13.2. The number of nitrogens with two attached hydrogens (primary N) is 1. The van der Waals surface area contributed by atoms with E-state index in [4.69, 9.17) is 5.73 Å². The Balaban J connectivity index is -0.00000144. The molecule has 0 aliphatic carbocycles. The van der Waals surface area contributed by atoms with Gasteiger partial charge in [0, 0.05) is 12.2 Å². The standard InChI is InChI=1S/C13H25NO3S.Na.H/c1-2-3-4-5-6-7-8-9-12(15)17-13(16)11(14)10-18;;/h11,18H,2-10,14H2,1H3;;/q;+1;-1. The van der Waals surface area contributed by atoms with Gasteiger partial charge in [-0.3, -0.25) is 4.79 Å². The molecule has 1 atom stereocenters. The van der Waals surface area contributed by atoms with Gasteiger partial charge in [0.25, 0.3) is 0 Å². The molecule has 0 amide bonds. The Labute approximate surface area is 145 Å². The molecule has 0 aromatic rings. The first-order valence-electron chi connectivity index (χ1n) is 6.72. The minimum Gasteiger partial charge on any atom is -1.00 e. The molecule has 0 saturated carbocycles. The summed E-state index contributed by atoms with van der Waals surface area (Å²) in [6.45, 7) is 2.18. The molecule has 0 radical (unpaired) electrons. The van der Waals surface area contributed by atoms with Crippen molar-refractivity contribution in [3.05, 3.63) is 0 Å². The fraction of sp³-hybridized carbons (Fsp3) is 0.846. The summed E-state index contributed by atoms with van der Waals surface area (Å²) in [5.74, 6) is -0.979. The fourth-order valence-corrected chi connectivity index (χ4v) is 1.69. The van der Waals surface area contributed by atoms with E-state index in [1.165, 1.54) is 25.7 Å². The monoisotopic (exact) mass is 299 g/mol. The van der Waals surface area contributed by atoms with Crippen molar-refractivity contribution < 1.29 is 45.3 Å². The maximum Gasteiger partial charge on any atom is 1.00 e. The van der Waals surface area contributed by atoms with Gasteiger partial charge in [0.1, 0.15) is 6.04 Å². The number of carbonyl (C=O) groups is 2. The average Bonchev–Trinajstić information content (AvgIpc) is 2.36. The molecule has 108 valence electrons. The summed E-state index contributed by atoms with van der Waals surface area (Å²) in [5.41, 5.74) is 5.38. The van der Waals surface area contributed by atoms with Crippen LogP contribution in [0, 0.1) is 0 Å². The molecule has 0 rings (SSSR count). The predicted octanol–water partition coefficient (Wildman–Crippen LogP) is -0.429. The van der Waals surface area contributed by atoms with Gasteiger partial charge in [-0.05, 0) is 6.42 Å². The number of thiol groups is 1. The molecular weight excluding hydrogens is 273 g/mol. The molecule has 0 heterocycles. The molecule has 4 nitrogen and oxygen atoms in total. The second kappa shape index (κ2) is 14.9. The van der Waals surface area contributed by atoms with Crippen molar-refractivity contribution in [2.45, 2.75) is 64.3 Å². The molecule has 0 aromatic heterocycles. The molecule has 0 bridgehead atoms. The molecule has 1 unspecified atom stereocenters. The van der Waals surface area contributed by atoms with E-state index >= 15 is 0 Å². The van der Waals surface area contributed by atoms with Gasteiger partial charge < -0.3 is 11.9 Å². The van der Waals surface area contributed by atoms with Crippen LogP contribution in [0.15, 0.2) is 0 Å². The minimum atomic E-state index is -0.814. The van der Waals surface area contributed by atoms with Crippen molar-refractivity contribution in [2.24, 2.45) is 5.73 Å². The second-order valence-corrected chi connectivity index (χ2v) is 4.82. The molecule has 0 spiro atoms. The Morgan fingerprint density at radius 1 is 1.16 bits per heavy atom. The van der Waals surface area contributed by atoms with Gasteiger partial charge in [0.05, 0.1) is 0 Å². The van der Waals surface area contributed by atoms with Crippen LogP contribution < -0.4 is 35.3 Å². The molecule has 0 aliphatic heterocycles. The maximum absolute atomic E-state index is 11.3. The van der Waals surface area contributed by atoms with Gasteiger partial charge in [-0.25, -0.2) is 4.79 Å². The zero-order chi connectivity index (χ0) is 13.8. The Hall–Kier alpha value is 0.450. The van der Waals surface area contributed by atoms with Gasteiger partial charge in [0.2, 0.25) is 0 Å². The number of esters is 2. The summed E-state index contributed by atoms with van der Waals surface area (Å²) >= 11 is 3.87. The van der Waals surface area contributed by atoms with Crippen LogP contribution in [-0.2, 0) is 14.3 Å². The maximum atomic E-state index is 11.3. The third-order valence-electron chi connectivity index (χ3n) is 2.70. The van der Waals surface area contributed by atoms with E-state index < -0.39 is 18.0 Å². The Morgan fingerprint density at radius 2 is 1.68 bits per heavy atom. The van der Waals surface area contributed by atoms with E-state index in [0.29, 0.717) is 6.42 Å². The molecule has 2 N–H and O–H groups in total. The Bertz CT molecular complexity index is 258. The molecule has 6 heteroatoms. The van der Waals surface area contributed by atoms with Gasteiger partial charge in [0.15, 0.2) is 0 Å². The van der Waals surface area contributed by atoms with Crippen LogP contribution >= 0.6 is 12.6 Å². The SMILES string of the molecule is CCCCCCCCCC(=O)OC(=O)C(N)CS.[H-].[Na+]. The van der Waals surface area contributed by atoms with Crippen LogP contribution in [-0.4, -0.2) is 23.7 Å². The summed E-state index contributed by atoms with van der Waals surface area (Å²) < 4.78 is 4.60. The van der Waals surface area contributed by atoms with E-state index in [1.54, 1.807) is 0 Å². The smallest absolute Gasteiger partial charge is 1.00 e. The molecule has 0 aromatic carbocycles. The van der Waals surface area contributed by atoms with Crippen LogP contribution in [0.3, 0.4) is 0 Å². The van der Waals surface area contributed by atoms with Crippen LogP contribution in [0.5, 0.6) is 0 Å². The number of rotatable bonds is 10. The van der Waals surface area contributed by atoms with Crippen molar-refractivity contribution >= 4 is 24.6 Å². The molecular formula is C13H26NNaO3S. The van der Waals surface area contributed by atoms with Gasteiger partial charge >= 0.3 is 41.5 Å². The number of unbranched alkanes of at least 4 members (excludes halogenated alkanes) is 6. The van der Waals surface area contributed by atoms with E-state index in [-0.39, 0.29) is 36.7 Å². The molecule has 0 aliphatic rings. The summed E-state index contributed by atoms with van der Waals surface area (Å²) in [5, 5.41) is 0. The summed E-state index contributed by atoms with van der Waals surface area (Å²) in [7, 11) is 0. The van der Waals surface area contributed by atoms with Gasteiger partial charge in [-0.15, -0.1) is 0 Å². The molecule has 0 fully saturated rings. The van der Waals surface area contributed by atoms with Crippen molar-refractivity contribution in [2.75, 3.05) is 5.75 Å². The van der Waals surface area contributed by atoms with Gasteiger partial charge in [-0.2, -0.15) is 12.6 Å². The van der Waals surface area contributed by atoms with Crippen molar-refractivity contribution in [1.29, 1.82) is 0 Å². The Kier molecular flexibility index (Phi) is 17.0. The second-order valence-electron chi connectivity index (χ2n) is 4.45. The zero-order valence-corrected chi connectivity index (χ0v) is 15.1. The summed E-state index contributed by atoms with van der Waals surface area (Å²) in [4.78, 5) is 22.5. The van der Waals surface area contributed by atoms with Crippen molar-refractivity contribution in [3.8, 4) is 0 Å². The number of hydrogen-bond donors (Lipinski definition) is 2. The van der Waals surface area contributed by atoms with Crippen LogP contribution in [0.4, 0.5) is 0 Å². The van der Waals surface area contributed by atoms with Crippen LogP contribution in [0.1, 0.15) is 59.7 Å². The summed E-state index contributed by atoms with van der Waals surface area (Å²) in [6, 6.07) is -0.814. The van der Waals surface area contributed by atoms with Crippen LogP contribution in [0.25, 0.3) is 0 Å². The predicted molar refractivity (Wildman–Crippen MR) is 76.6 cm³/mol. The number of ether oxygens (including phenoxy) is 1. The van der Waals surface area contributed by atoms with E-state index in [1.807, 2.05) is 0 Å². The average molecular weight is 299 g/mol. The number of hydrogen-bond acceptors (Lipinski definition) is 5. The first-order chi connectivity index (χ1) is 8.61. The number of carbonyl (C=O) groups excluding carboxylic acids is 2. The third-order valence-corrected chi connectivity index (χ3v) is 3.09. The Morgan fingerprint density at radius 3 is 2.21 bits per heavy atom. The van der Waals surface area contributed by atoms with Crippen molar-refractivity contribution in [3.63, 3.8) is 0 Å². The largest absolute Gasteiger partial charge is 1.00 e. The molecule has 19 heavy (non-hydrogen) atoms. The van der Waals surface area contributed by atoms with Crippen molar-refractivity contribution in [1.82, 2.24) is 0 Å². The fourth-order valence-electron chi connectivity index (χ4n) is 1.54. The molecule has 0 saturated heterocycles. The summed E-state index contributed by atoms with van der Waals surface area (Å²) in [6.07, 6.45) is 8.19. The van der Waals surface area contributed by atoms with E-state index in [2.05, 4.69) is 24.3 Å². The third kappa shape index (κ3) is 13.2. The quantitative estimate of drug-likeness (QED) is 0.189. The van der Waals surface area contributed by atoms with Gasteiger partial charge in [-0.1, -0.05) is 45.4 Å². The first-order valence-corrected chi connectivity index (χ1v) is 7.36. The van der Waals surface area contributed by atoms with E-state index in [9.17, 15) is 9.59 Å². The van der Waals surface area contributed by atoms with Crippen LogP contribution in [0.2, 0.25) is 0 Å².